The number of nitrogens with zero attached hydrogens (tertiary/aromatic N) is 1. The maximum absolute atomic E-state index is 4.21. The topological polar surface area (TPSA) is 24.9 Å². The van der Waals surface area contributed by atoms with Crippen LogP contribution in [0.2, 0.25) is 0 Å². The molecule has 0 saturated heterocycles. The predicted octanol–water partition coefficient (Wildman–Crippen LogP) is 2.59. The third-order valence-corrected chi connectivity index (χ3v) is 2.96. The van der Waals surface area contributed by atoms with E-state index in [0.29, 0.717) is 0 Å². The number of hydrogen-bond donors (Lipinski definition) is 1. The molecule has 1 aromatic heterocycles. The molecule has 1 aromatic rings. The molecular weight excluding hydrogens is 180 g/mol. The molecule has 0 saturated carbocycles. The second-order valence-corrected chi connectivity index (χ2v) is 4.66. The van der Waals surface area contributed by atoms with Gasteiger partial charge in [0.2, 0.25) is 0 Å². The van der Waals surface area contributed by atoms with E-state index in [4.69, 9.17) is 0 Å². The van der Waals surface area contributed by atoms with Crippen LogP contribution in [0.15, 0.2) is 5.51 Å². The Balaban J connectivity index is 2.17. The summed E-state index contributed by atoms with van der Waals surface area (Å²) in [5, 5.41) is 3.43. The maximum atomic E-state index is 4.21. The molecule has 0 aliphatic heterocycles. The smallest absolute Gasteiger partial charge is 0.0798 e. The monoisotopic (exact) mass is 198 g/mol. The Bertz CT molecular complexity index is 243. The number of hydrogen-bond acceptors (Lipinski definition) is 3. The Kier molecular flexibility index (Phi) is 4.39. The first-order valence-corrected chi connectivity index (χ1v) is 5.67. The van der Waals surface area contributed by atoms with E-state index in [1.54, 1.807) is 11.3 Å². The lowest BCUT2D eigenvalue weighted by Gasteiger charge is -2.05. The van der Waals surface area contributed by atoms with E-state index < -0.39 is 0 Å². The van der Waals surface area contributed by atoms with Crippen LogP contribution in [-0.4, -0.2) is 11.5 Å². The molecule has 3 heteroatoms. The average molecular weight is 198 g/mol. The zero-order chi connectivity index (χ0) is 9.68. The van der Waals surface area contributed by atoms with Crippen molar-refractivity contribution in [2.45, 2.75) is 33.7 Å². The summed E-state index contributed by atoms with van der Waals surface area (Å²) in [5.74, 6) is 0.787. The fraction of sp³-hybridized carbons (Fsp3) is 0.700. The average Bonchev–Trinajstić information content (AvgIpc) is 2.45. The lowest BCUT2D eigenvalue weighted by atomic mass is 10.1. The highest BCUT2D eigenvalue weighted by molar-refractivity contribution is 7.09. The Morgan fingerprint density at radius 2 is 2.31 bits per heavy atom. The largest absolute Gasteiger partial charge is 0.312 e. The Morgan fingerprint density at radius 1 is 1.54 bits per heavy atom. The van der Waals surface area contributed by atoms with Crippen molar-refractivity contribution in [1.82, 2.24) is 10.3 Å². The summed E-state index contributed by atoms with van der Waals surface area (Å²) in [7, 11) is 0. The fourth-order valence-electron chi connectivity index (χ4n) is 1.09. The van der Waals surface area contributed by atoms with E-state index in [1.807, 2.05) is 5.51 Å². The van der Waals surface area contributed by atoms with Crippen LogP contribution in [0.3, 0.4) is 0 Å². The van der Waals surface area contributed by atoms with Gasteiger partial charge in [0, 0.05) is 11.4 Å². The van der Waals surface area contributed by atoms with Crippen molar-refractivity contribution in [2.24, 2.45) is 5.92 Å². The number of thiazole rings is 1. The molecule has 0 aliphatic rings. The zero-order valence-corrected chi connectivity index (χ0v) is 9.45. The first kappa shape index (κ1) is 10.7. The molecule has 0 atom stereocenters. The van der Waals surface area contributed by atoms with E-state index in [-0.39, 0.29) is 0 Å². The molecule has 0 aromatic carbocycles. The molecule has 0 radical (unpaired) electrons. The zero-order valence-electron chi connectivity index (χ0n) is 8.63. The minimum Gasteiger partial charge on any atom is -0.312 e. The summed E-state index contributed by atoms with van der Waals surface area (Å²) in [6, 6.07) is 0. The molecule has 0 spiro atoms. The van der Waals surface area contributed by atoms with Gasteiger partial charge in [0.15, 0.2) is 0 Å². The van der Waals surface area contributed by atoms with Gasteiger partial charge in [-0.25, -0.2) is 4.98 Å². The second kappa shape index (κ2) is 5.35. The molecular formula is C10H18N2S. The molecule has 0 unspecified atom stereocenters. The quantitative estimate of drug-likeness (QED) is 0.736. The number of rotatable bonds is 5. The van der Waals surface area contributed by atoms with Crippen LogP contribution in [0.4, 0.5) is 0 Å². The van der Waals surface area contributed by atoms with Crippen LogP contribution >= 0.6 is 11.3 Å². The van der Waals surface area contributed by atoms with E-state index in [0.717, 1.165) is 19.0 Å². The van der Waals surface area contributed by atoms with E-state index in [1.165, 1.54) is 17.0 Å². The maximum Gasteiger partial charge on any atom is 0.0798 e. The Morgan fingerprint density at radius 3 is 2.85 bits per heavy atom. The van der Waals surface area contributed by atoms with Crippen LogP contribution < -0.4 is 5.32 Å². The highest BCUT2D eigenvalue weighted by Gasteiger charge is 2.00. The van der Waals surface area contributed by atoms with Crippen LogP contribution in [-0.2, 0) is 6.54 Å². The molecule has 13 heavy (non-hydrogen) atoms. The van der Waals surface area contributed by atoms with Crippen LogP contribution in [0, 0.1) is 12.8 Å². The molecule has 0 aliphatic carbocycles. The standard InChI is InChI=1S/C10H18N2S/c1-8(2)4-5-11-6-10-9(3)12-7-13-10/h7-8,11H,4-6H2,1-3H3. The van der Waals surface area contributed by atoms with Gasteiger partial charge in [-0.15, -0.1) is 11.3 Å². The van der Waals surface area contributed by atoms with Crippen LogP contribution in [0.1, 0.15) is 30.8 Å². The molecule has 0 amide bonds. The Labute approximate surface area is 84.4 Å². The van der Waals surface area contributed by atoms with E-state index >= 15 is 0 Å². The first-order valence-electron chi connectivity index (χ1n) is 4.80. The lowest BCUT2D eigenvalue weighted by Crippen LogP contribution is -2.16. The SMILES string of the molecule is Cc1ncsc1CNCCC(C)C. The third kappa shape index (κ3) is 3.87. The minimum absolute atomic E-state index is 0.787. The van der Waals surface area contributed by atoms with Crippen molar-refractivity contribution in [3.05, 3.63) is 16.1 Å². The summed E-state index contributed by atoms with van der Waals surface area (Å²) in [5.41, 5.74) is 3.08. The molecule has 2 nitrogen and oxygen atoms in total. The highest BCUT2D eigenvalue weighted by atomic mass is 32.1. The van der Waals surface area contributed by atoms with Crippen molar-refractivity contribution >= 4 is 11.3 Å². The van der Waals surface area contributed by atoms with E-state index in [9.17, 15) is 0 Å². The predicted molar refractivity (Wildman–Crippen MR) is 58.0 cm³/mol. The minimum atomic E-state index is 0.787. The molecule has 1 rings (SSSR count). The summed E-state index contributed by atoms with van der Waals surface area (Å²) in [4.78, 5) is 5.57. The molecule has 1 N–H and O–H groups in total. The fourth-order valence-corrected chi connectivity index (χ4v) is 1.84. The van der Waals surface area contributed by atoms with Gasteiger partial charge in [-0.05, 0) is 25.8 Å². The molecule has 0 bridgehead atoms. The van der Waals surface area contributed by atoms with Crippen molar-refractivity contribution in [1.29, 1.82) is 0 Å². The molecule has 74 valence electrons. The van der Waals surface area contributed by atoms with Gasteiger partial charge >= 0.3 is 0 Å². The molecule has 0 fully saturated rings. The van der Waals surface area contributed by atoms with Gasteiger partial charge in [0.25, 0.3) is 0 Å². The number of aromatic nitrogens is 1. The third-order valence-electron chi connectivity index (χ3n) is 2.03. The number of nitrogens with one attached hydrogen (secondary N) is 1. The summed E-state index contributed by atoms with van der Waals surface area (Å²) >= 11 is 1.73. The molecule has 1 heterocycles. The van der Waals surface area contributed by atoms with Gasteiger partial charge in [-0.2, -0.15) is 0 Å². The van der Waals surface area contributed by atoms with Gasteiger partial charge in [-0.3, -0.25) is 0 Å². The van der Waals surface area contributed by atoms with Crippen molar-refractivity contribution in [3.8, 4) is 0 Å². The summed E-state index contributed by atoms with van der Waals surface area (Å²) in [6.45, 7) is 8.65. The summed E-state index contributed by atoms with van der Waals surface area (Å²) in [6.07, 6.45) is 1.25. The van der Waals surface area contributed by atoms with Gasteiger partial charge < -0.3 is 5.32 Å². The van der Waals surface area contributed by atoms with Gasteiger partial charge in [-0.1, -0.05) is 13.8 Å². The van der Waals surface area contributed by atoms with Crippen molar-refractivity contribution < 1.29 is 0 Å². The van der Waals surface area contributed by atoms with Crippen LogP contribution in [0.25, 0.3) is 0 Å². The van der Waals surface area contributed by atoms with Crippen LogP contribution in [0.5, 0.6) is 0 Å². The van der Waals surface area contributed by atoms with Crippen molar-refractivity contribution in [2.75, 3.05) is 6.54 Å². The normalized spacial score (nSPS) is 11.1. The lowest BCUT2D eigenvalue weighted by molar-refractivity contribution is 0.538. The highest BCUT2D eigenvalue weighted by Crippen LogP contribution is 2.11. The van der Waals surface area contributed by atoms with Gasteiger partial charge in [0.1, 0.15) is 0 Å². The van der Waals surface area contributed by atoms with E-state index in [2.05, 4.69) is 31.1 Å². The van der Waals surface area contributed by atoms with Gasteiger partial charge in [0.05, 0.1) is 11.2 Å². The summed E-state index contributed by atoms with van der Waals surface area (Å²) < 4.78 is 0. The second-order valence-electron chi connectivity index (χ2n) is 3.72. The number of aryl methyl sites for hydroxylation is 1. The first-order chi connectivity index (χ1) is 6.20. The van der Waals surface area contributed by atoms with Crippen molar-refractivity contribution in [3.63, 3.8) is 0 Å². The Hall–Kier alpha value is -0.410.